The van der Waals surface area contributed by atoms with E-state index in [1.165, 1.54) is 11.8 Å². The summed E-state index contributed by atoms with van der Waals surface area (Å²) in [5.74, 6) is 2.59. The predicted octanol–water partition coefficient (Wildman–Crippen LogP) is 3.71. The van der Waals surface area contributed by atoms with Gasteiger partial charge in [-0.25, -0.2) is 4.98 Å². The standard InChI is InChI=1S/C21H18N4O5S2/c26-20-13-7-15-16(29-11-28-15)8-14(13)22-21(25(20)9-12-3-1-5-27-12)32-10-18-23-19(24-30-18)17-4-2-6-31-17/h2,4,6-8,12H,1,3,5,9-11H2/t12-/m0/s1. The molecule has 0 N–H and O–H groups in total. The van der Waals surface area contributed by atoms with Crippen LogP contribution in [0, 0.1) is 0 Å². The van der Waals surface area contributed by atoms with E-state index < -0.39 is 0 Å². The minimum atomic E-state index is -0.129. The molecule has 1 atom stereocenters. The van der Waals surface area contributed by atoms with E-state index in [4.69, 9.17) is 23.7 Å². The number of thiophene rings is 1. The SMILES string of the molecule is O=c1c2cc3c(cc2nc(SCc2nc(-c4cccs4)no2)n1C[C@@H]1CCCO1)OCO3. The van der Waals surface area contributed by atoms with Crippen molar-refractivity contribution in [2.75, 3.05) is 13.4 Å². The third-order valence-electron chi connectivity index (χ3n) is 5.36. The molecule has 0 saturated carbocycles. The Kier molecular flexibility index (Phi) is 5.08. The van der Waals surface area contributed by atoms with E-state index in [1.807, 2.05) is 17.5 Å². The van der Waals surface area contributed by atoms with Crippen LogP contribution in [0.25, 0.3) is 21.6 Å². The molecule has 1 saturated heterocycles. The summed E-state index contributed by atoms with van der Waals surface area (Å²) in [7, 11) is 0. The molecule has 2 aliphatic rings. The fraction of sp³-hybridized carbons (Fsp3) is 0.333. The fourth-order valence-electron chi connectivity index (χ4n) is 3.80. The maximum atomic E-state index is 13.4. The number of aromatic nitrogens is 4. The van der Waals surface area contributed by atoms with Crippen LogP contribution in [0.3, 0.4) is 0 Å². The van der Waals surface area contributed by atoms with Crippen LogP contribution in [0.2, 0.25) is 0 Å². The summed E-state index contributed by atoms with van der Waals surface area (Å²) >= 11 is 2.94. The van der Waals surface area contributed by atoms with Gasteiger partial charge in [0.2, 0.25) is 18.5 Å². The van der Waals surface area contributed by atoms with Crippen molar-refractivity contribution in [1.82, 2.24) is 19.7 Å². The first-order valence-electron chi connectivity index (χ1n) is 10.2. The largest absolute Gasteiger partial charge is 0.454 e. The van der Waals surface area contributed by atoms with Crippen molar-refractivity contribution in [2.24, 2.45) is 0 Å². The van der Waals surface area contributed by atoms with Crippen molar-refractivity contribution in [3.05, 3.63) is 45.9 Å². The third-order valence-corrected chi connectivity index (χ3v) is 7.19. The second-order valence-corrected chi connectivity index (χ2v) is 9.34. The Morgan fingerprint density at radius 1 is 1.22 bits per heavy atom. The minimum Gasteiger partial charge on any atom is -0.454 e. The Bertz CT molecular complexity index is 1330. The van der Waals surface area contributed by atoms with Crippen LogP contribution in [0.5, 0.6) is 11.5 Å². The molecular weight excluding hydrogens is 452 g/mol. The third kappa shape index (κ3) is 3.65. The van der Waals surface area contributed by atoms with Crippen LogP contribution < -0.4 is 15.0 Å². The van der Waals surface area contributed by atoms with Gasteiger partial charge in [0.15, 0.2) is 16.7 Å². The molecule has 3 aromatic heterocycles. The van der Waals surface area contributed by atoms with Crippen LogP contribution in [0.4, 0.5) is 0 Å². The van der Waals surface area contributed by atoms with Crippen molar-refractivity contribution in [1.29, 1.82) is 0 Å². The van der Waals surface area contributed by atoms with Crippen molar-refractivity contribution in [3.8, 4) is 22.2 Å². The highest BCUT2D eigenvalue weighted by Gasteiger charge is 2.23. The molecule has 9 nitrogen and oxygen atoms in total. The van der Waals surface area contributed by atoms with Crippen molar-refractivity contribution in [2.45, 2.75) is 36.4 Å². The molecule has 5 heterocycles. The van der Waals surface area contributed by atoms with Gasteiger partial charge in [-0.2, -0.15) is 4.98 Å². The second-order valence-electron chi connectivity index (χ2n) is 7.45. The van der Waals surface area contributed by atoms with Crippen molar-refractivity contribution >= 4 is 34.0 Å². The van der Waals surface area contributed by atoms with Gasteiger partial charge in [-0.1, -0.05) is 23.0 Å². The van der Waals surface area contributed by atoms with Gasteiger partial charge in [0, 0.05) is 12.7 Å². The average molecular weight is 471 g/mol. The second kappa shape index (κ2) is 8.23. The van der Waals surface area contributed by atoms with E-state index in [1.54, 1.807) is 28.0 Å². The molecule has 6 rings (SSSR count). The molecule has 0 bridgehead atoms. The number of benzene rings is 1. The smallest absolute Gasteiger partial charge is 0.262 e. The quantitative estimate of drug-likeness (QED) is 0.308. The normalized spacial score (nSPS) is 17.4. The van der Waals surface area contributed by atoms with Gasteiger partial charge < -0.3 is 18.7 Å². The number of ether oxygens (including phenoxy) is 3. The van der Waals surface area contributed by atoms with Crippen LogP contribution in [-0.4, -0.2) is 39.2 Å². The van der Waals surface area contributed by atoms with Gasteiger partial charge in [-0.15, -0.1) is 11.3 Å². The number of nitrogens with zero attached hydrogens (tertiary/aromatic N) is 4. The highest BCUT2D eigenvalue weighted by molar-refractivity contribution is 7.98. The zero-order valence-electron chi connectivity index (χ0n) is 16.9. The summed E-state index contributed by atoms with van der Waals surface area (Å²) in [6.45, 7) is 1.30. The lowest BCUT2D eigenvalue weighted by atomic mass is 10.2. The highest BCUT2D eigenvalue weighted by Crippen LogP contribution is 2.35. The number of hydrogen-bond acceptors (Lipinski definition) is 10. The summed E-state index contributed by atoms with van der Waals surface area (Å²) in [5.41, 5.74) is 0.436. The van der Waals surface area contributed by atoms with Gasteiger partial charge in [-0.05, 0) is 30.4 Å². The molecule has 0 unspecified atom stereocenters. The lowest BCUT2D eigenvalue weighted by molar-refractivity contribution is 0.0937. The molecule has 32 heavy (non-hydrogen) atoms. The number of thioether (sulfide) groups is 1. The monoisotopic (exact) mass is 470 g/mol. The molecule has 4 aromatic rings. The summed E-state index contributed by atoms with van der Waals surface area (Å²) in [5, 5.41) is 7.09. The molecule has 0 amide bonds. The van der Waals surface area contributed by atoms with E-state index in [0.717, 1.165) is 24.3 Å². The van der Waals surface area contributed by atoms with Gasteiger partial charge in [0.25, 0.3) is 5.56 Å². The molecule has 0 spiro atoms. The minimum absolute atomic E-state index is 0.00542. The molecule has 0 radical (unpaired) electrons. The molecule has 0 aliphatic carbocycles. The molecule has 1 aromatic carbocycles. The lowest BCUT2D eigenvalue weighted by Crippen LogP contribution is -2.28. The summed E-state index contributed by atoms with van der Waals surface area (Å²) in [6.07, 6.45) is 1.91. The first-order valence-corrected chi connectivity index (χ1v) is 12.1. The molecule has 2 aliphatic heterocycles. The molecule has 164 valence electrons. The maximum absolute atomic E-state index is 13.4. The van der Waals surface area contributed by atoms with Crippen LogP contribution in [0.1, 0.15) is 18.7 Å². The van der Waals surface area contributed by atoms with E-state index in [9.17, 15) is 4.79 Å². The van der Waals surface area contributed by atoms with Crippen LogP contribution in [0.15, 0.2) is 44.1 Å². The van der Waals surface area contributed by atoms with Crippen LogP contribution in [-0.2, 0) is 17.0 Å². The van der Waals surface area contributed by atoms with Crippen molar-refractivity contribution < 1.29 is 18.7 Å². The lowest BCUT2D eigenvalue weighted by Gasteiger charge is -2.16. The average Bonchev–Trinajstić information content (AvgIpc) is 3.61. The maximum Gasteiger partial charge on any atom is 0.262 e. The summed E-state index contributed by atoms with van der Waals surface area (Å²) in [6, 6.07) is 7.35. The molecular formula is C21H18N4O5S2. The number of rotatable bonds is 6. The Hall–Kier alpha value is -2.89. The summed E-state index contributed by atoms with van der Waals surface area (Å²) < 4.78 is 23.8. The van der Waals surface area contributed by atoms with Gasteiger partial charge in [0.05, 0.1) is 34.2 Å². The van der Waals surface area contributed by atoms with E-state index in [-0.39, 0.29) is 18.5 Å². The molecule has 1 fully saturated rings. The van der Waals surface area contributed by atoms with E-state index in [0.29, 0.717) is 51.6 Å². The molecule has 11 heteroatoms. The van der Waals surface area contributed by atoms with Gasteiger partial charge in [-0.3, -0.25) is 9.36 Å². The predicted molar refractivity (Wildman–Crippen MR) is 118 cm³/mol. The Morgan fingerprint density at radius 3 is 2.94 bits per heavy atom. The Morgan fingerprint density at radius 2 is 2.12 bits per heavy atom. The Labute approximate surface area is 190 Å². The van der Waals surface area contributed by atoms with E-state index >= 15 is 0 Å². The number of fused-ring (bicyclic) bond motifs is 2. The first-order chi connectivity index (χ1) is 15.7. The first kappa shape index (κ1) is 19.8. The number of hydrogen-bond donors (Lipinski definition) is 0. The van der Waals surface area contributed by atoms with Crippen molar-refractivity contribution in [3.63, 3.8) is 0 Å². The topological polar surface area (TPSA) is 102 Å². The van der Waals surface area contributed by atoms with Crippen LogP contribution >= 0.6 is 23.1 Å². The van der Waals surface area contributed by atoms with Gasteiger partial charge >= 0.3 is 0 Å². The zero-order chi connectivity index (χ0) is 21.5. The highest BCUT2D eigenvalue weighted by atomic mass is 32.2. The Balaban J connectivity index is 1.34. The van der Waals surface area contributed by atoms with E-state index in [2.05, 4.69) is 10.1 Å². The fourth-order valence-corrected chi connectivity index (χ4v) is 5.29. The zero-order valence-corrected chi connectivity index (χ0v) is 18.5. The van der Waals surface area contributed by atoms with Gasteiger partial charge in [0.1, 0.15) is 0 Å². The summed E-state index contributed by atoms with van der Waals surface area (Å²) in [4.78, 5) is 23.6.